The fourth-order valence-corrected chi connectivity index (χ4v) is 3.94. The van der Waals surface area contributed by atoms with Gasteiger partial charge in [0.2, 0.25) is 0 Å². The van der Waals surface area contributed by atoms with Crippen LogP contribution in [-0.4, -0.2) is 48.3 Å². The number of piperidine rings is 1. The predicted octanol–water partition coefficient (Wildman–Crippen LogP) is 2.77. The number of carboxylic acid groups (broad SMARTS) is 1. The third kappa shape index (κ3) is 4.19. The van der Waals surface area contributed by atoms with Crippen molar-refractivity contribution in [1.82, 2.24) is 4.90 Å². The molecule has 0 radical (unpaired) electrons. The van der Waals surface area contributed by atoms with Crippen LogP contribution in [0.4, 0.5) is 0 Å². The Morgan fingerprint density at radius 2 is 2.15 bits per heavy atom. The summed E-state index contributed by atoms with van der Waals surface area (Å²) in [5.74, 6) is 0.173. The highest BCUT2D eigenvalue weighted by Crippen LogP contribution is 2.31. The van der Waals surface area contributed by atoms with Crippen molar-refractivity contribution in [1.29, 1.82) is 0 Å². The van der Waals surface area contributed by atoms with E-state index in [-0.39, 0.29) is 5.92 Å². The Balaban J connectivity index is 1.87. The lowest BCUT2D eigenvalue weighted by atomic mass is 9.82. The van der Waals surface area contributed by atoms with Gasteiger partial charge >= 0.3 is 5.97 Å². The largest absolute Gasteiger partial charge is 0.481 e. The Kier molecular flexibility index (Phi) is 5.85. The zero-order valence-corrected chi connectivity index (χ0v) is 12.9. The van der Waals surface area contributed by atoms with Crippen molar-refractivity contribution in [3.8, 4) is 0 Å². The molecule has 1 heterocycles. The molecule has 4 nitrogen and oxygen atoms in total. The molecule has 1 saturated carbocycles. The molecular formula is C16H29NO3. The van der Waals surface area contributed by atoms with Crippen molar-refractivity contribution < 1.29 is 14.6 Å². The van der Waals surface area contributed by atoms with Crippen molar-refractivity contribution in [2.75, 3.05) is 20.2 Å². The lowest BCUT2D eigenvalue weighted by molar-refractivity contribution is -0.138. The summed E-state index contributed by atoms with van der Waals surface area (Å²) >= 11 is 0. The van der Waals surface area contributed by atoms with Crippen LogP contribution in [0.5, 0.6) is 0 Å². The van der Waals surface area contributed by atoms with Crippen LogP contribution < -0.4 is 0 Å². The Labute approximate surface area is 122 Å². The second kappa shape index (κ2) is 7.41. The van der Waals surface area contributed by atoms with E-state index in [2.05, 4.69) is 11.8 Å². The van der Waals surface area contributed by atoms with Crippen LogP contribution in [0.25, 0.3) is 0 Å². The summed E-state index contributed by atoms with van der Waals surface area (Å²) in [6.45, 7) is 4.36. The lowest BCUT2D eigenvalue weighted by Gasteiger charge is -2.42. The molecule has 2 fully saturated rings. The molecule has 4 heteroatoms. The van der Waals surface area contributed by atoms with Crippen LogP contribution in [-0.2, 0) is 9.53 Å². The monoisotopic (exact) mass is 283 g/mol. The summed E-state index contributed by atoms with van der Waals surface area (Å²) in [6.07, 6.45) is 8.01. The summed E-state index contributed by atoms with van der Waals surface area (Å²) in [5, 5.41) is 8.97. The SMILES string of the molecule is COC1CCCC(N2CCCC(C(C)CC(=O)O)C2)C1. The molecule has 2 aliphatic rings. The molecule has 1 N–H and O–H groups in total. The van der Waals surface area contributed by atoms with Gasteiger partial charge in [0.15, 0.2) is 0 Å². The Bertz CT molecular complexity index is 321. The van der Waals surface area contributed by atoms with Gasteiger partial charge in [0, 0.05) is 26.1 Å². The highest BCUT2D eigenvalue weighted by atomic mass is 16.5. The molecule has 4 unspecified atom stereocenters. The van der Waals surface area contributed by atoms with Crippen LogP contribution in [0.2, 0.25) is 0 Å². The van der Waals surface area contributed by atoms with E-state index in [1.807, 2.05) is 7.11 Å². The fraction of sp³-hybridized carbons (Fsp3) is 0.938. The molecule has 0 aromatic carbocycles. The lowest BCUT2D eigenvalue weighted by Crippen LogP contribution is -2.47. The van der Waals surface area contributed by atoms with Crippen molar-refractivity contribution in [2.24, 2.45) is 11.8 Å². The van der Waals surface area contributed by atoms with E-state index in [0.29, 0.717) is 24.5 Å². The number of rotatable bonds is 5. The molecular weight excluding hydrogens is 254 g/mol. The van der Waals surface area contributed by atoms with E-state index in [1.165, 1.54) is 38.6 Å². The highest BCUT2D eigenvalue weighted by molar-refractivity contribution is 5.67. The van der Waals surface area contributed by atoms with Crippen LogP contribution >= 0.6 is 0 Å². The third-order valence-corrected chi connectivity index (χ3v) is 5.24. The van der Waals surface area contributed by atoms with Crippen molar-refractivity contribution in [3.05, 3.63) is 0 Å². The van der Waals surface area contributed by atoms with E-state index in [0.717, 1.165) is 13.0 Å². The number of carbonyl (C=O) groups is 1. The number of carboxylic acids is 1. The molecule has 0 aromatic heterocycles. The van der Waals surface area contributed by atoms with Gasteiger partial charge in [0.05, 0.1) is 6.10 Å². The minimum atomic E-state index is -0.660. The Morgan fingerprint density at radius 3 is 2.85 bits per heavy atom. The normalized spacial score (nSPS) is 33.8. The van der Waals surface area contributed by atoms with Gasteiger partial charge in [-0.05, 0) is 56.9 Å². The van der Waals surface area contributed by atoms with Gasteiger partial charge in [0.25, 0.3) is 0 Å². The zero-order chi connectivity index (χ0) is 14.5. The number of hydrogen-bond donors (Lipinski definition) is 1. The number of nitrogens with zero attached hydrogens (tertiary/aromatic N) is 1. The minimum Gasteiger partial charge on any atom is -0.481 e. The second-order valence-electron chi connectivity index (χ2n) is 6.65. The average molecular weight is 283 g/mol. The smallest absolute Gasteiger partial charge is 0.303 e. The summed E-state index contributed by atoms with van der Waals surface area (Å²) in [5.41, 5.74) is 0. The molecule has 1 aliphatic carbocycles. The summed E-state index contributed by atoms with van der Waals surface area (Å²) in [7, 11) is 1.82. The second-order valence-corrected chi connectivity index (χ2v) is 6.65. The summed E-state index contributed by atoms with van der Waals surface area (Å²) in [4.78, 5) is 13.5. The molecule has 4 atom stereocenters. The number of ether oxygens (including phenoxy) is 1. The molecule has 0 amide bonds. The Hall–Kier alpha value is -0.610. The third-order valence-electron chi connectivity index (χ3n) is 5.24. The number of hydrogen-bond acceptors (Lipinski definition) is 3. The highest BCUT2D eigenvalue weighted by Gasteiger charge is 2.32. The van der Waals surface area contributed by atoms with Crippen LogP contribution in [0.1, 0.15) is 51.9 Å². The van der Waals surface area contributed by atoms with E-state index in [9.17, 15) is 4.79 Å². The molecule has 1 aliphatic heterocycles. The first-order chi connectivity index (χ1) is 9.60. The van der Waals surface area contributed by atoms with Crippen LogP contribution in [0, 0.1) is 11.8 Å². The minimum absolute atomic E-state index is 0.289. The van der Waals surface area contributed by atoms with E-state index in [4.69, 9.17) is 9.84 Å². The maximum atomic E-state index is 10.9. The van der Waals surface area contributed by atoms with Crippen molar-refractivity contribution in [3.63, 3.8) is 0 Å². The molecule has 1 saturated heterocycles. The standard InChI is InChI=1S/C16H29NO3/c1-12(9-16(18)19)13-5-4-8-17(11-13)14-6-3-7-15(10-14)20-2/h12-15H,3-11H2,1-2H3,(H,18,19). The average Bonchev–Trinajstić information content (AvgIpc) is 2.47. The maximum Gasteiger partial charge on any atom is 0.303 e. The topological polar surface area (TPSA) is 49.8 Å². The first-order valence-electron chi connectivity index (χ1n) is 8.08. The molecule has 2 rings (SSSR count). The number of likely N-dealkylation sites (tertiary alicyclic amines) is 1. The van der Waals surface area contributed by atoms with Gasteiger partial charge in [-0.3, -0.25) is 4.79 Å². The zero-order valence-electron chi connectivity index (χ0n) is 12.9. The quantitative estimate of drug-likeness (QED) is 0.843. The molecule has 116 valence electrons. The van der Waals surface area contributed by atoms with E-state index >= 15 is 0 Å². The molecule has 20 heavy (non-hydrogen) atoms. The first kappa shape index (κ1) is 15.8. The van der Waals surface area contributed by atoms with Gasteiger partial charge < -0.3 is 14.7 Å². The number of aliphatic carboxylic acids is 1. The summed E-state index contributed by atoms with van der Waals surface area (Å²) in [6, 6.07) is 0.647. The predicted molar refractivity (Wildman–Crippen MR) is 78.8 cm³/mol. The molecule has 0 spiro atoms. The van der Waals surface area contributed by atoms with Crippen molar-refractivity contribution in [2.45, 2.75) is 64.0 Å². The van der Waals surface area contributed by atoms with Gasteiger partial charge in [-0.1, -0.05) is 6.92 Å². The van der Waals surface area contributed by atoms with Crippen LogP contribution in [0.15, 0.2) is 0 Å². The van der Waals surface area contributed by atoms with Crippen LogP contribution in [0.3, 0.4) is 0 Å². The van der Waals surface area contributed by atoms with Gasteiger partial charge in [-0.15, -0.1) is 0 Å². The van der Waals surface area contributed by atoms with E-state index in [1.54, 1.807) is 0 Å². The van der Waals surface area contributed by atoms with Gasteiger partial charge in [-0.2, -0.15) is 0 Å². The van der Waals surface area contributed by atoms with Gasteiger partial charge in [-0.25, -0.2) is 0 Å². The van der Waals surface area contributed by atoms with Gasteiger partial charge in [0.1, 0.15) is 0 Å². The van der Waals surface area contributed by atoms with Crippen molar-refractivity contribution >= 4 is 5.97 Å². The maximum absolute atomic E-state index is 10.9. The number of methoxy groups -OCH3 is 1. The fourth-order valence-electron chi connectivity index (χ4n) is 3.94. The molecule has 0 bridgehead atoms. The summed E-state index contributed by atoms with van der Waals surface area (Å²) < 4.78 is 5.53. The van der Waals surface area contributed by atoms with E-state index < -0.39 is 5.97 Å². The first-order valence-corrected chi connectivity index (χ1v) is 8.08. The molecule has 0 aromatic rings. The Morgan fingerprint density at radius 1 is 1.35 bits per heavy atom.